The number of rotatable bonds is 7. The van der Waals surface area contributed by atoms with Gasteiger partial charge in [-0.15, -0.1) is 0 Å². The minimum atomic E-state index is 0.212. The molecule has 0 aliphatic carbocycles. The topological polar surface area (TPSA) is 48.4 Å². The molecule has 1 aromatic heterocycles. The predicted molar refractivity (Wildman–Crippen MR) is 66.4 cm³/mol. The first kappa shape index (κ1) is 12.9. The van der Waals surface area contributed by atoms with Gasteiger partial charge in [-0.1, -0.05) is 6.92 Å². The van der Waals surface area contributed by atoms with Gasteiger partial charge in [-0.2, -0.15) is 0 Å². The van der Waals surface area contributed by atoms with Crippen molar-refractivity contribution >= 4 is 5.82 Å². The Balaban J connectivity index is 2.60. The van der Waals surface area contributed by atoms with Crippen molar-refractivity contribution in [3.05, 3.63) is 23.9 Å². The van der Waals surface area contributed by atoms with Gasteiger partial charge in [0.2, 0.25) is 0 Å². The van der Waals surface area contributed by atoms with E-state index in [-0.39, 0.29) is 6.61 Å². The van der Waals surface area contributed by atoms with Crippen molar-refractivity contribution in [3.8, 4) is 0 Å². The number of aliphatic hydroxyl groups excluding tert-OH is 1. The molecular weight excluding hydrogens is 202 g/mol. The highest BCUT2D eigenvalue weighted by atomic mass is 16.3. The van der Waals surface area contributed by atoms with Crippen molar-refractivity contribution < 1.29 is 5.11 Å². The molecule has 4 nitrogen and oxygen atoms in total. The fourth-order valence-corrected chi connectivity index (χ4v) is 1.70. The van der Waals surface area contributed by atoms with Crippen LogP contribution in [0.5, 0.6) is 0 Å². The fraction of sp³-hybridized carbons (Fsp3) is 0.583. The Bertz CT molecular complexity index is 298. The maximum atomic E-state index is 8.98. The summed E-state index contributed by atoms with van der Waals surface area (Å²) >= 11 is 0. The highest BCUT2D eigenvalue weighted by Crippen LogP contribution is 2.09. The third kappa shape index (κ3) is 4.16. The number of hydrogen-bond donors (Lipinski definition) is 2. The normalized spacial score (nSPS) is 10.8. The van der Waals surface area contributed by atoms with E-state index in [1.807, 2.05) is 25.4 Å². The maximum Gasteiger partial charge on any atom is 0.125 e. The largest absolute Gasteiger partial charge is 0.395 e. The summed E-state index contributed by atoms with van der Waals surface area (Å²) in [5.74, 6) is 0.887. The average molecular weight is 223 g/mol. The Labute approximate surface area is 97.3 Å². The van der Waals surface area contributed by atoms with Crippen LogP contribution in [0, 0.1) is 0 Å². The van der Waals surface area contributed by atoms with Crippen LogP contribution in [0.1, 0.15) is 18.9 Å². The molecule has 2 N–H and O–H groups in total. The van der Waals surface area contributed by atoms with E-state index in [1.165, 1.54) is 5.56 Å². The van der Waals surface area contributed by atoms with Crippen molar-refractivity contribution in [3.63, 3.8) is 0 Å². The highest BCUT2D eigenvalue weighted by Gasteiger charge is 2.04. The van der Waals surface area contributed by atoms with Gasteiger partial charge in [-0.05, 0) is 30.7 Å². The summed E-state index contributed by atoms with van der Waals surface area (Å²) in [6.07, 6.45) is 2.91. The summed E-state index contributed by atoms with van der Waals surface area (Å²) in [6.45, 7) is 4.97. The summed E-state index contributed by atoms with van der Waals surface area (Å²) in [4.78, 5) is 6.42. The van der Waals surface area contributed by atoms with Crippen molar-refractivity contribution in [1.29, 1.82) is 0 Å². The molecule has 0 saturated heterocycles. The van der Waals surface area contributed by atoms with E-state index in [4.69, 9.17) is 5.11 Å². The van der Waals surface area contributed by atoms with Gasteiger partial charge in [0.25, 0.3) is 0 Å². The Kier molecular flexibility index (Phi) is 5.82. The third-order valence-corrected chi connectivity index (χ3v) is 2.44. The van der Waals surface area contributed by atoms with Gasteiger partial charge >= 0.3 is 0 Å². The van der Waals surface area contributed by atoms with Crippen LogP contribution in [-0.4, -0.2) is 41.7 Å². The van der Waals surface area contributed by atoms with Crippen molar-refractivity contribution in [2.45, 2.75) is 19.9 Å². The lowest BCUT2D eigenvalue weighted by atomic mass is 10.2. The molecule has 0 radical (unpaired) electrons. The van der Waals surface area contributed by atoms with Crippen LogP contribution in [0.15, 0.2) is 18.3 Å². The first-order chi connectivity index (χ1) is 7.80. The molecule has 0 bridgehead atoms. The minimum Gasteiger partial charge on any atom is -0.395 e. The molecule has 0 atom stereocenters. The molecule has 0 saturated carbocycles. The second kappa shape index (κ2) is 7.19. The summed E-state index contributed by atoms with van der Waals surface area (Å²) in [5, 5.41) is 12.0. The van der Waals surface area contributed by atoms with Gasteiger partial charge in [0.05, 0.1) is 6.61 Å². The average Bonchev–Trinajstić information content (AvgIpc) is 2.30. The zero-order chi connectivity index (χ0) is 11.8. The quantitative estimate of drug-likeness (QED) is 0.732. The molecule has 0 amide bonds. The highest BCUT2D eigenvalue weighted by molar-refractivity contribution is 5.36. The molecule has 0 aliphatic rings. The fourth-order valence-electron chi connectivity index (χ4n) is 1.70. The van der Waals surface area contributed by atoms with Gasteiger partial charge in [-0.25, -0.2) is 4.98 Å². The van der Waals surface area contributed by atoms with Gasteiger partial charge in [0, 0.05) is 26.3 Å². The number of pyridine rings is 1. The molecule has 0 aliphatic heterocycles. The van der Waals surface area contributed by atoms with Crippen LogP contribution >= 0.6 is 0 Å². The van der Waals surface area contributed by atoms with Gasteiger partial charge in [0.15, 0.2) is 0 Å². The molecule has 16 heavy (non-hydrogen) atoms. The zero-order valence-corrected chi connectivity index (χ0v) is 10.1. The molecule has 0 fully saturated rings. The molecule has 1 rings (SSSR count). The third-order valence-electron chi connectivity index (χ3n) is 2.44. The van der Waals surface area contributed by atoms with Crippen LogP contribution in [-0.2, 0) is 6.54 Å². The number of aliphatic hydroxyl groups is 1. The van der Waals surface area contributed by atoms with E-state index in [9.17, 15) is 0 Å². The SMILES string of the molecule is CCCN(CCO)Cc1ccnc(NC)c1. The van der Waals surface area contributed by atoms with E-state index in [0.717, 1.165) is 31.9 Å². The van der Waals surface area contributed by atoms with Crippen LogP contribution in [0.25, 0.3) is 0 Å². The van der Waals surface area contributed by atoms with E-state index >= 15 is 0 Å². The standard InChI is InChI=1S/C12H21N3O/c1-3-6-15(7-8-16)10-11-4-5-14-12(9-11)13-2/h4-5,9,16H,3,6-8,10H2,1-2H3,(H,13,14). The molecular formula is C12H21N3O. The number of nitrogens with one attached hydrogen (secondary N) is 1. The second-order valence-corrected chi connectivity index (χ2v) is 3.80. The lowest BCUT2D eigenvalue weighted by Gasteiger charge is -2.20. The summed E-state index contributed by atoms with van der Waals surface area (Å²) in [6, 6.07) is 4.06. The molecule has 1 aromatic rings. The summed E-state index contributed by atoms with van der Waals surface area (Å²) in [5.41, 5.74) is 1.22. The summed E-state index contributed by atoms with van der Waals surface area (Å²) in [7, 11) is 1.86. The molecule has 90 valence electrons. The number of anilines is 1. The van der Waals surface area contributed by atoms with Gasteiger partial charge < -0.3 is 10.4 Å². The second-order valence-electron chi connectivity index (χ2n) is 3.80. The molecule has 4 heteroatoms. The molecule has 0 unspecified atom stereocenters. The Morgan fingerprint density at radius 3 is 2.88 bits per heavy atom. The Hall–Kier alpha value is -1.13. The number of nitrogens with zero attached hydrogens (tertiary/aromatic N) is 2. The first-order valence-corrected chi connectivity index (χ1v) is 5.76. The maximum absolute atomic E-state index is 8.98. The van der Waals surface area contributed by atoms with Gasteiger partial charge in [0.1, 0.15) is 5.82 Å². The van der Waals surface area contributed by atoms with Crippen LogP contribution < -0.4 is 5.32 Å². The predicted octanol–water partition coefficient (Wildman–Crippen LogP) is 1.33. The van der Waals surface area contributed by atoms with E-state index in [1.54, 1.807) is 0 Å². The van der Waals surface area contributed by atoms with Crippen molar-refractivity contribution in [1.82, 2.24) is 9.88 Å². The van der Waals surface area contributed by atoms with Crippen LogP contribution in [0.3, 0.4) is 0 Å². The monoisotopic (exact) mass is 223 g/mol. The van der Waals surface area contributed by atoms with Crippen LogP contribution in [0.4, 0.5) is 5.82 Å². The Morgan fingerprint density at radius 1 is 1.44 bits per heavy atom. The summed E-state index contributed by atoms with van der Waals surface area (Å²) < 4.78 is 0. The smallest absolute Gasteiger partial charge is 0.125 e. The van der Waals surface area contributed by atoms with E-state index in [2.05, 4.69) is 22.1 Å². The molecule has 1 heterocycles. The van der Waals surface area contributed by atoms with Crippen molar-refractivity contribution in [2.24, 2.45) is 0 Å². The molecule has 0 spiro atoms. The minimum absolute atomic E-state index is 0.212. The number of hydrogen-bond acceptors (Lipinski definition) is 4. The van der Waals surface area contributed by atoms with E-state index in [0.29, 0.717) is 0 Å². The first-order valence-electron chi connectivity index (χ1n) is 5.76. The van der Waals surface area contributed by atoms with Gasteiger partial charge in [-0.3, -0.25) is 4.90 Å². The lowest BCUT2D eigenvalue weighted by molar-refractivity contribution is 0.190. The molecule has 0 aromatic carbocycles. The lowest BCUT2D eigenvalue weighted by Crippen LogP contribution is -2.27. The van der Waals surface area contributed by atoms with Crippen molar-refractivity contribution in [2.75, 3.05) is 32.1 Å². The van der Waals surface area contributed by atoms with Crippen LogP contribution in [0.2, 0.25) is 0 Å². The zero-order valence-electron chi connectivity index (χ0n) is 10.1. The van der Waals surface area contributed by atoms with E-state index < -0.39 is 0 Å². The number of aromatic nitrogens is 1. The Morgan fingerprint density at radius 2 is 2.25 bits per heavy atom.